The maximum absolute atomic E-state index is 13.7. The molecule has 9 nitrogen and oxygen atoms in total. The van der Waals surface area contributed by atoms with Gasteiger partial charge in [-0.25, -0.2) is 4.68 Å². The van der Waals surface area contributed by atoms with E-state index in [0.717, 1.165) is 28.3 Å². The summed E-state index contributed by atoms with van der Waals surface area (Å²) in [5.41, 5.74) is 5.07. The van der Waals surface area contributed by atoms with E-state index in [4.69, 9.17) is 9.52 Å². The zero-order chi connectivity index (χ0) is 25.4. The van der Waals surface area contributed by atoms with Gasteiger partial charge < -0.3 is 14.2 Å². The number of benzene rings is 2. The smallest absolute Gasteiger partial charge is 0.272 e. The van der Waals surface area contributed by atoms with Crippen molar-refractivity contribution >= 4 is 17.3 Å². The lowest BCUT2D eigenvalue weighted by Crippen LogP contribution is -2.49. The average Bonchev–Trinajstić information content (AvgIpc) is 3.50. The third-order valence-corrected chi connectivity index (χ3v) is 6.49. The summed E-state index contributed by atoms with van der Waals surface area (Å²) in [6, 6.07) is 18.1. The zero-order valence-corrected chi connectivity index (χ0v) is 20.5. The molecule has 1 aliphatic heterocycles. The predicted octanol–water partition coefficient (Wildman–Crippen LogP) is 4.93. The van der Waals surface area contributed by atoms with Crippen LogP contribution < -0.4 is 4.90 Å². The Hall–Kier alpha value is -4.40. The van der Waals surface area contributed by atoms with E-state index in [2.05, 4.69) is 11.0 Å². The molecule has 1 fully saturated rings. The van der Waals surface area contributed by atoms with Crippen LogP contribution in [-0.4, -0.2) is 51.7 Å². The molecule has 0 saturated carbocycles. The number of furan rings is 1. The van der Waals surface area contributed by atoms with Gasteiger partial charge >= 0.3 is 0 Å². The van der Waals surface area contributed by atoms with Crippen LogP contribution in [0.4, 0.5) is 11.4 Å². The lowest BCUT2D eigenvalue weighted by atomic mass is 10.1. The van der Waals surface area contributed by atoms with Crippen LogP contribution in [0.5, 0.6) is 0 Å². The highest BCUT2D eigenvalue weighted by Gasteiger charge is 2.27. The molecule has 0 radical (unpaired) electrons. The Morgan fingerprint density at radius 2 is 1.67 bits per heavy atom. The fourth-order valence-corrected chi connectivity index (χ4v) is 4.57. The van der Waals surface area contributed by atoms with E-state index in [0.29, 0.717) is 43.3 Å². The Balaban J connectivity index is 1.41. The average molecular weight is 486 g/mol. The van der Waals surface area contributed by atoms with E-state index in [-0.39, 0.29) is 11.6 Å². The third-order valence-electron chi connectivity index (χ3n) is 6.49. The number of hydrogen-bond donors (Lipinski definition) is 0. The number of aryl methyl sites for hydroxylation is 3. The van der Waals surface area contributed by atoms with Crippen molar-refractivity contribution in [3.8, 4) is 17.1 Å². The van der Waals surface area contributed by atoms with E-state index < -0.39 is 4.92 Å². The molecule has 0 atom stereocenters. The third kappa shape index (κ3) is 4.47. The van der Waals surface area contributed by atoms with Crippen molar-refractivity contribution in [3.63, 3.8) is 0 Å². The molecule has 9 heteroatoms. The predicted molar refractivity (Wildman–Crippen MR) is 137 cm³/mol. The van der Waals surface area contributed by atoms with Crippen molar-refractivity contribution in [2.24, 2.45) is 0 Å². The standard InChI is InChI=1S/C27H27N5O4/c1-18-4-10-24(19(2)16-18)31-25(17-23(28-31)26-11-5-20(3)36-26)27(33)30-14-12-29(13-15-30)21-6-8-22(9-7-21)32(34)35/h4-11,16-17H,12-15H2,1-3H3. The number of non-ortho nitro benzene ring substituents is 1. The zero-order valence-electron chi connectivity index (χ0n) is 20.5. The molecule has 0 bridgehead atoms. The molecule has 0 aliphatic carbocycles. The van der Waals surface area contributed by atoms with Gasteiger partial charge in [-0.05, 0) is 56.7 Å². The van der Waals surface area contributed by atoms with E-state index in [1.165, 1.54) is 12.1 Å². The number of aromatic nitrogens is 2. The first kappa shape index (κ1) is 23.3. The molecule has 1 amide bonds. The number of anilines is 1. The van der Waals surface area contributed by atoms with Crippen LogP contribution in [0.15, 0.2) is 65.1 Å². The summed E-state index contributed by atoms with van der Waals surface area (Å²) in [4.78, 5) is 28.2. The first-order valence-electron chi connectivity index (χ1n) is 11.8. The summed E-state index contributed by atoms with van der Waals surface area (Å²) in [7, 11) is 0. The minimum Gasteiger partial charge on any atom is -0.460 e. The molecule has 36 heavy (non-hydrogen) atoms. The van der Waals surface area contributed by atoms with Crippen molar-refractivity contribution in [1.29, 1.82) is 0 Å². The Labute approximate surface area is 208 Å². The quantitative estimate of drug-likeness (QED) is 0.294. The molecular weight excluding hydrogens is 458 g/mol. The number of nitro groups is 1. The molecule has 2 aromatic heterocycles. The Morgan fingerprint density at radius 3 is 2.28 bits per heavy atom. The van der Waals surface area contributed by atoms with Gasteiger partial charge in [0.25, 0.3) is 11.6 Å². The van der Waals surface area contributed by atoms with Crippen molar-refractivity contribution in [3.05, 3.63) is 93.4 Å². The summed E-state index contributed by atoms with van der Waals surface area (Å²) in [6.45, 7) is 8.25. The normalized spacial score (nSPS) is 13.8. The SMILES string of the molecule is Cc1ccc(-n2nc(-c3ccc(C)o3)cc2C(=O)N2CCN(c3ccc([N+](=O)[O-])cc3)CC2)c(C)c1. The van der Waals surface area contributed by atoms with Crippen LogP contribution in [0.3, 0.4) is 0 Å². The van der Waals surface area contributed by atoms with Gasteiger partial charge in [0.2, 0.25) is 0 Å². The van der Waals surface area contributed by atoms with E-state index in [1.54, 1.807) is 22.9 Å². The van der Waals surface area contributed by atoms with Crippen molar-refractivity contribution in [2.75, 3.05) is 31.1 Å². The summed E-state index contributed by atoms with van der Waals surface area (Å²) in [5, 5.41) is 15.7. The number of nitro benzene ring substituents is 1. The number of carbonyl (C=O) groups is 1. The maximum Gasteiger partial charge on any atom is 0.272 e. The van der Waals surface area contributed by atoms with Gasteiger partial charge in [0.1, 0.15) is 17.1 Å². The highest BCUT2D eigenvalue weighted by Crippen LogP contribution is 2.27. The number of rotatable bonds is 5. The van der Waals surface area contributed by atoms with Gasteiger partial charge in [0, 0.05) is 50.1 Å². The lowest BCUT2D eigenvalue weighted by molar-refractivity contribution is -0.384. The topological polar surface area (TPSA) is 97.7 Å². The van der Waals surface area contributed by atoms with Crippen LogP contribution in [0, 0.1) is 30.9 Å². The van der Waals surface area contributed by atoms with Crippen molar-refractivity contribution in [1.82, 2.24) is 14.7 Å². The van der Waals surface area contributed by atoms with Crippen LogP contribution in [-0.2, 0) is 0 Å². The molecule has 1 aliphatic rings. The number of amides is 1. The molecule has 0 unspecified atom stereocenters. The minimum atomic E-state index is -0.405. The van der Waals surface area contributed by atoms with Crippen molar-refractivity contribution < 1.29 is 14.1 Å². The van der Waals surface area contributed by atoms with Gasteiger partial charge in [-0.1, -0.05) is 17.7 Å². The first-order valence-corrected chi connectivity index (χ1v) is 11.8. The monoisotopic (exact) mass is 485 g/mol. The van der Waals surface area contributed by atoms with Gasteiger partial charge in [-0.2, -0.15) is 5.10 Å². The lowest BCUT2D eigenvalue weighted by Gasteiger charge is -2.36. The fourth-order valence-electron chi connectivity index (χ4n) is 4.57. The number of piperazine rings is 1. The second-order valence-electron chi connectivity index (χ2n) is 9.08. The summed E-state index contributed by atoms with van der Waals surface area (Å²) >= 11 is 0. The second-order valence-corrected chi connectivity index (χ2v) is 9.08. The minimum absolute atomic E-state index is 0.0646. The number of nitrogens with zero attached hydrogens (tertiary/aromatic N) is 5. The molecule has 2 aromatic carbocycles. The highest BCUT2D eigenvalue weighted by atomic mass is 16.6. The summed E-state index contributed by atoms with van der Waals surface area (Å²) < 4.78 is 7.50. The van der Waals surface area contributed by atoms with Gasteiger partial charge in [-0.3, -0.25) is 14.9 Å². The Bertz CT molecular complexity index is 1430. The van der Waals surface area contributed by atoms with E-state index >= 15 is 0 Å². The van der Waals surface area contributed by atoms with Crippen LogP contribution in [0.2, 0.25) is 0 Å². The van der Waals surface area contributed by atoms with Gasteiger partial charge in [-0.15, -0.1) is 0 Å². The molecule has 1 saturated heterocycles. The summed E-state index contributed by atoms with van der Waals surface area (Å²) in [5.74, 6) is 1.30. The van der Waals surface area contributed by atoms with E-state index in [1.807, 2.05) is 49.9 Å². The second kappa shape index (κ2) is 9.33. The largest absolute Gasteiger partial charge is 0.460 e. The first-order chi connectivity index (χ1) is 17.3. The molecule has 5 rings (SSSR count). The fraction of sp³-hybridized carbons (Fsp3) is 0.259. The molecular formula is C27H27N5O4. The molecule has 0 N–H and O–H groups in total. The number of carbonyl (C=O) groups excluding carboxylic acids is 1. The number of hydrogen-bond acceptors (Lipinski definition) is 6. The molecule has 184 valence electrons. The maximum atomic E-state index is 13.7. The highest BCUT2D eigenvalue weighted by molar-refractivity contribution is 5.94. The van der Waals surface area contributed by atoms with Crippen LogP contribution in [0.25, 0.3) is 17.1 Å². The Kier molecular flexibility index (Phi) is 6.05. The van der Waals surface area contributed by atoms with Gasteiger partial charge in [0.05, 0.1) is 10.6 Å². The van der Waals surface area contributed by atoms with E-state index in [9.17, 15) is 14.9 Å². The van der Waals surface area contributed by atoms with Crippen LogP contribution >= 0.6 is 0 Å². The van der Waals surface area contributed by atoms with Crippen LogP contribution in [0.1, 0.15) is 27.4 Å². The van der Waals surface area contributed by atoms with Crippen molar-refractivity contribution in [2.45, 2.75) is 20.8 Å². The molecule has 3 heterocycles. The molecule has 0 spiro atoms. The van der Waals surface area contributed by atoms with Gasteiger partial charge in [0.15, 0.2) is 5.76 Å². The Morgan fingerprint density at radius 1 is 0.944 bits per heavy atom. The summed E-state index contributed by atoms with van der Waals surface area (Å²) in [6.07, 6.45) is 0. The molecule has 4 aromatic rings.